The van der Waals surface area contributed by atoms with E-state index >= 15 is 0 Å². The van der Waals surface area contributed by atoms with Crippen LogP contribution in [0, 0.1) is 11.3 Å². The van der Waals surface area contributed by atoms with Gasteiger partial charge < -0.3 is 10.1 Å². The van der Waals surface area contributed by atoms with Crippen molar-refractivity contribution in [1.82, 2.24) is 10.2 Å². The third kappa shape index (κ3) is 3.61. The second-order valence-electron chi connectivity index (χ2n) is 4.21. The number of ether oxygens (including phenoxy) is 1. The van der Waals surface area contributed by atoms with Crippen molar-refractivity contribution in [1.29, 1.82) is 5.26 Å². The Hall–Kier alpha value is -2.03. The minimum atomic E-state index is -0.509. The van der Waals surface area contributed by atoms with Gasteiger partial charge in [-0.05, 0) is 20.8 Å². The summed E-state index contributed by atoms with van der Waals surface area (Å²) in [7, 11) is 0. The van der Waals surface area contributed by atoms with Gasteiger partial charge >= 0.3 is 5.97 Å². The van der Waals surface area contributed by atoms with Crippen LogP contribution in [0.4, 0.5) is 5.82 Å². The highest BCUT2D eigenvalue weighted by molar-refractivity contribution is 5.75. The summed E-state index contributed by atoms with van der Waals surface area (Å²) in [5.41, 5.74) is -0.145. The van der Waals surface area contributed by atoms with E-state index < -0.39 is 5.60 Å². The molecule has 0 saturated carbocycles. The highest BCUT2D eigenvalue weighted by Gasteiger charge is 2.16. The van der Waals surface area contributed by atoms with E-state index in [-0.39, 0.29) is 12.5 Å². The van der Waals surface area contributed by atoms with Gasteiger partial charge in [0.1, 0.15) is 29.6 Å². The third-order valence-electron chi connectivity index (χ3n) is 1.59. The number of carbonyl (C=O) groups is 1. The molecule has 0 bridgehead atoms. The van der Waals surface area contributed by atoms with Crippen molar-refractivity contribution in [2.45, 2.75) is 26.4 Å². The number of hydrogen-bond donors (Lipinski definition) is 2. The van der Waals surface area contributed by atoms with Crippen LogP contribution in [0.1, 0.15) is 26.3 Å². The zero-order chi connectivity index (χ0) is 12.2. The van der Waals surface area contributed by atoms with Crippen LogP contribution >= 0.6 is 0 Å². The first-order valence-electron chi connectivity index (χ1n) is 4.81. The fraction of sp³-hybridized carbons (Fsp3) is 0.500. The molecule has 1 aromatic heterocycles. The van der Waals surface area contributed by atoms with Crippen molar-refractivity contribution < 1.29 is 9.53 Å². The summed E-state index contributed by atoms with van der Waals surface area (Å²) in [5.74, 6) is 0.0411. The van der Waals surface area contributed by atoms with E-state index in [0.29, 0.717) is 11.4 Å². The van der Waals surface area contributed by atoms with Crippen molar-refractivity contribution in [3.05, 3.63) is 11.8 Å². The molecule has 0 fully saturated rings. The first-order chi connectivity index (χ1) is 7.42. The van der Waals surface area contributed by atoms with E-state index in [2.05, 4.69) is 15.5 Å². The molecule has 86 valence electrons. The molecule has 0 saturated heterocycles. The zero-order valence-electron chi connectivity index (χ0n) is 9.50. The summed E-state index contributed by atoms with van der Waals surface area (Å²) in [5, 5.41) is 17.7. The lowest BCUT2D eigenvalue weighted by Gasteiger charge is -2.19. The molecule has 6 heteroatoms. The van der Waals surface area contributed by atoms with Crippen molar-refractivity contribution >= 4 is 11.8 Å². The highest BCUT2D eigenvalue weighted by atomic mass is 16.6. The van der Waals surface area contributed by atoms with E-state index in [1.165, 1.54) is 6.20 Å². The van der Waals surface area contributed by atoms with E-state index in [9.17, 15) is 4.79 Å². The Labute approximate surface area is 93.6 Å². The second kappa shape index (κ2) is 4.66. The highest BCUT2D eigenvalue weighted by Crippen LogP contribution is 2.10. The summed E-state index contributed by atoms with van der Waals surface area (Å²) < 4.78 is 5.09. The van der Waals surface area contributed by atoms with Crippen LogP contribution in [0.25, 0.3) is 0 Å². The maximum Gasteiger partial charge on any atom is 0.325 e. The molecular formula is C10H14N4O2. The van der Waals surface area contributed by atoms with Gasteiger partial charge in [-0.25, -0.2) is 0 Å². The molecule has 0 amide bonds. The Bertz CT molecular complexity index is 411. The van der Waals surface area contributed by atoms with Crippen LogP contribution in [0.5, 0.6) is 0 Å². The molecule has 0 atom stereocenters. The van der Waals surface area contributed by atoms with E-state index in [1.54, 1.807) is 20.8 Å². The number of nitrogens with zero attached hydrogens (tertiary/aromatic N) is 2. The van der Waals surface area contributed by atoms with Crippen molar-refractivity contribution in [3.63, 3.8) is 0 Å². The summed E-state index contributed by atoms with van der Waals surface area (Å²) >= 11 is 0. The molecule has 0 radical (unpaired) electrons. The Morgan fingerprint density at radius 1 is 1.69 bits per heavy atom. The fourth-order valence-corrected chi connectivity index (χ4v) is 1.04. The standard InChI is InChI=1S/C10H14N4O2/c1-10(2,3)16-8(15)6-12-9-7(4-11)5-13-14-9/h5H,6H2,1-3H3,(H2,12,13,14). The molecule has 0 aliphatic carbocycles. The van der Waals surface area contributed by atoms with Gasteiger partial charge in [0.15, 0.2) is 0 Å². The maximum atomic E-state index is 11.4. The van der Waals surface area contributed by atoms with E-state index in [0.717, 1.165) is 0 Å². The van der Waals surface area contributed by atoms with Gasteiger partial charge in [0, 0.05) is 0 Å². The van der Waals surface area contributed by atoms with Crippen molar-refractivity contribution in [2.24, 2.45) is 0 Å². The topological polar surface area (TPSA) is 90.8 Å². The molecule has 0 aliphatic rings. The second-order valence-corrected chi connectivity index (χ2v) is 4.21. The number of H-pyrrole nitrogens is 1. The van der Waals surface area contributed by atoms with Crippen LogP contribution < -0.4 is 5.32 Å². The molecule has 1 aromatic rings. The molecule has 0 spiro atoms. The van der Waals surface area contributed by atoms with Gasteiger partial charge in [0.25, 0.3) is 0 Å². The number of anilines is 1. The molecule has 1 rings (SSSR count). The lowest BCUT2D eigenvalue weighted by atomic mass is 10.2. The average Bonchev–Trinajstić information content (AvgIpc) is 2.59. The number of rotatable bonds is 3. The van der Waals surface area contributed by atoms with Crippen molar-refractivity contribution in [3.8, 4) is 6.07 Å². The maximum absolute atomic E-state index is 11.4. The number of esters is 1. The fourth-order valence-electron chi connectivity index (χ4n) is 1.04. The van der Waals surface area contributed by atoms with Crippen LogP contribution in [-0.4, -0.2) is 28.3 Å². The van der Waals surface area contributed by atoms with Crippen LogP contribution in [0.3, 0.4) is 0 Å². The van der Waals surface area contributed by atoms with E-state index in [1.807, 2.05) is 6.07 Å². The Balaban J connectivity index is 2.47. The number of nitriles is 1. The smallest absolute Gasteiger partial charge is 0.325 e. The van der Waals surface area contributed by atoms with Gasteiger partial charge in [-0.15, -0.1) is 0 Å². The predicted molar refractivity (Wildman–Crippen MR) is 57.6 cm³/mol. The first-order valence-corrected chi connectivity index (χ1v) is 4.81. The molecule has 1 heterocycles. The molecule has 0 aliphatic heterocycles. The summed E-state index contributed by atoms with van der Waals surface area (Å²) in [4.78, 5) is 11.4. The Kier molecular flexibility index (Phi) is 3.51. The number of aromatic nitrogens is 2. The lowest BCUT2D eigenvalue weighted by Crippen LogP contribution is -2.28. The number of hydrogen-bond acceptors (Lipinski definition) is 5. The largest absolute Gasteiger partial charge is 0.459 e. The summed E-state index contributed by atoms with van der Waals surface area (Å²) in [6, 6.07) is 1.94. The monoisotopic (exact) mass is 222 g/mol. The van der Waals surface area contributed by atoms with Gasteiger partial charge in [-0.3, -0.25) is 9.89 Å². The normalized spacial score (nSPS) is 10.6. The first kappa shape index (κ1) is 12.0. The summed E-state index contributed by atoms with van der Waals surface area (Å²) in [6.45, 7) is 5.37. The van der Waals surface area contributed by atoms with Crippen molar-refractivity contribution in [2.75, 3.05) is 11.9 Å². The quantitative estimate of drug-likeness (QED) is 0.745. The molecular weight excluding hydrogens is 208 g/mol. The van der Waals surface area contributed by atoms with Crippen LogP contribution in [-0.2, 0) is 9.53 Å². The summed E-state index contributed by atoms with van der Waals surface area (Å²) in [6.07, 6.45) is 1.39. The number of nitrogens with one attached hydrogen (secondary N) is 2. The number of aromatic amines is 1. The minimum Gasteiger partial charge on any atom is -0.459 e. The van der Waals surface area contributed by atoms with Crippen LogP contribution in [0.15, 0.2) is 6.20 Å². The van der Waals surface area contributed by atoms with Gasteiger partial charge in [0.2, 0.25) is 0 Å². The molecule has 2 N–H and O–H groups in total. The third-order valence-corrected chi connectivity index (χ3v) is 1.59. The molecule has 6 nitrogen and oxygen atoms in total. The zero-order valence-corrected chi connectivity index (χ0v) is 9.50. The Morgan fingerprint density at radius 3 is 2.94 bits per heavy atom. The molecule has 0 aromatic carbocycles. The predicted octanol–water partition coefficient (Wildman–Crippen LogP) is 1.03. The molecule has 0 unspecified atom stereocenters. The van der Waals surface area contributed by atoms with Gasteiger partial charge in [-0.1, -0.05) is 0 Å². The van der Waals surface area contributed by atoms with E-state index in [4.69, 9.17) is 10.00 Å². The molecule has 16 heavy (non-hydrogen) atoms. The van der Waals surface area contributed by atoms with Crippen LogP contribution in [0.2, 0.25) is 0 Å². The van der Waals surface area contributed by atoms with Gasteiger partial charge in [0.05, 0.1) is 6.20 Å². The lowest BCUT2D eigenvalue weighted by molar-refractivity contribution is -0.152. The SMILES string of the molecule is CC(C)(C)OC(=O)CNc1[nH]ncc1C#N. The Morgan fingerprint density at radius 2 is 2.38 bits per heavy atom. The van der Waals surface area contributed by atoms with Gasteiger partial charge in [-0.2, -0.15) is 10.4 Å². The number of carbonyl (C=O) groups excluding carboxylic acids is 1. The minimum absolute atomic E-state index is 0.00581. The average molecular weight is 222 g/mol.